The Morgan fingerprint density at radius 3 is 2.47 bits per heavy atom. The molecule has 2 aromatic rings. The molecule has 0 saturated heterocycles. The largest absolute Gasteiger partial charge is 0.314 e. The summed E-state index contributed by atoms with van der Waals surface area (Å²) in [5, 5.41) is 3.53. The molecule has 0 bridgehead atoms. The van der Waals surface area contributed by atoms with Gasteiger partial charge in [-0.1, -0.05) is 29.8 Å². The molecule has 0 aliphatic rings. The van der Waals surface area contributed by atoms with Crippen molar-refractivity contribution < 1.29 is 4.79 Å². The predicted octanol–water partition coefficient (Wildman–Crippen LogP) is 3.65. The molecule has 2 nitrogen and oxygen atoms in total. The molecule has 0 aliphatic carbocycles. The Morgan fingerprint density at radius 2 is 1.87 bits per heavy atom. The molecule has 0 saturated carbocycles. The number of thiophene rings is 1. The highest BCUT2D eigenvalue weighted by atomic mass is 35.5. The number of hydrogen-bond acceptors (Lipinski definition) is 2. The van der Waals surface area contributed by atoms with Crippen molar-refractivity contribution in [2.45, 2.75) is 0 Å². The molecule has 0 radical (unpaired) electrons. The summed E-state index contributed by atoms with van der Waals surface area (Å²) in [6.45, 7) is 0. The van der Waals surface area contributed by atoms with Crippen LogP contribution in [0.1, 0.15) is 10.4 Å². The second-order valence-corrected chi connectivity index (χ2v) is 4.64. The van der Waals surface area contributed by atoms with Gasteiger partial charge in [0.15, 0.2) is 0 Å². The van der Waals surface area contributed by atoms with Crippen LogP contribution < -0.4 is 5.32 Å². The van der Waals surface area contributed by atoms with Crippen LogP contribution in [0.15, 0.2) is 42.5 Å². The fraction of sp³-hybridized carbons (Fsp3) is 0. The number of halogens is 1. The molecule has 1 N–H and O–H groups in total. The van der Waals surface area contributed by atoms with Gasteiger partial charge < -0.3 is 5.32 Å². The van der Waals surface area contributed by atoms with E-state index in [-0.39, 0.29) is 5.91 Å². The van der Waals surface area contributed by atoms with Crippen molar-refractivity contribution in [1.29, 1.82) is 0 Å². The monoisotopic (exact) mass is 237 g/mol. The zero-order valence-electron chi connectivity index (χ0n) is 7.74. The van der Waals surface area contributed by atoms with Crippen LogP contribution in [0.2, 0.25) is 4.34 Å². The van der Waals surface area contributed by atoms with Crippen LogP contribution in [0.4, 0.5) is 5.00 Å². The average molecular weight is 238 g/mol. The van der Waals surface area contributed by atoms with Crippen LogP contribution in [-0.2, 0) is 0 Å². The van der Waals surface area contributed by atoms with Crippen molar-refractivity contribution in [2.24, 2.45) is 0 Å². The third kappa shape index (κ3) is 2.58. The second-order valence-electron chi connectivity index (χ2n) is 2.92. The first-order valence-corrected chi connectivity index (χ1v) is 5.57. The van der Waals surface area contributed by atoms with E-state index in [2.05, 4.69) is 5.32 Å². The van der Waals surface area contributed by atoms with E-state index in [9.17, 15) is 4.79 Å². The molecule has 1 heterocycles. The Bertz CT molecular complexity index is 466. The molecule has 4 heteroatoms. The number of nitrogens with one attached hydrogen (secondary N) is 1. The maximum atomic E-state index is 11.7. The minimum Gasteiger partial charge on any atom is -0.314 e. The Kier molecular flexibility index (Phi) is 3.04. The summed E-state index contributed by atoms with van der Waals surface area (Å²) >= 11 is 7.10. The number of rotatable bonds is 2. The van der Waals surface area contributed by atoms with Crippen LogP contribution in [0.5, 0.6) is 0 Å². The van der Waals surface area contributed by atoms with E-state index < -0.39 is 0 Å². The summed E-state index contributed by atoms with van der Waals surface area (Å²) in [5.74, 6) is -0.117. The lowest BCUT2D eigenvalue weighted by Crippen LogP contribution is -2.10. The number of benzene rings is 1. The molecule has 0 unspecified atom stereocenters. The van der Waals surface area contributed by atoms with E-state index in [0.29, 0.717) is 9.90 Å². The van der Waals surface area contributed by atoms with E-state index in [4.69, 9.17) is 11.6 Å². The maximum absolute atomic E-state index is 11.7. The minimum absolute atomic E-state index is 0.117. The molecule has 0 fully saturated rings. The first-order valence-electron chi connectivity index (χ1n) is 4.37. The second kappa shape index (κ2) is 4.47. The highest BCUT2D eigenvalue weighted by molar-refractivity contribution is 7.20. The zero-order valence-corrected chi connectivity index (χ0v) is 9.31. The van der Waals surface area contributed by atoms with Crippen LogP contribution in [0.25, 0.3) is 0 Å². The van der Waals surface area contributed by atoms with E-state index >= 15 is 0 Å². The molecule has 15 heavy (non-hydrogen) atoms. The van der Waals surface area contributed by atoms with Gasteiger partial charge in [-0.25, -0.2) is 0 Å². The van der Waals surface area contributed by atoms with Gasteiger partial charge in [0, 0.05) is 5.56 Å². The standard InChI is InChI=1S/C11H8ClNOS/c12-9-6-7-10(15-9)13-11(14)8-4-2-1-3-5-8/h1-7H,(H,13,14). The number of hydrogen-bond donors (Lipinski definition) is 1. The summed E-state index contributed by atoms with van der Waals surface area (Å²) < 4.78 is 0.665. The molecule has 1 amide bonds. The smallest absolute Gasteiger partial charge is 0.256 e. The first kappa shape index (κ1) is 10.2. The van der Waals surface area contributed by atoms with Crippen molar-refractivity contribution in [3.05, 3.63) is 52.4 Å². The predicted molar refractivity (Wildman–Crippen MR) is 63.7 cm³/mol. The van der Waals surface area contributed by atoms with Crippen LogP contribution in [0.3, 0.4) is 0 Å². The van der Waals surface area contributed by atoms with Gasteiger partial charge >= 0.3 is 0 Å². The van der Waals surface area contributed by atoms with Gasteiger partial charge in [-0.15, -0.1) is 11.3 Å². The topological polar surface area (TPSA) is 29.1 Å². The van der Waals surface area contributed by atoms with Gasteiger partial charge in [-0.05, 0) is 24.3 Å². The molecule has 0 spiro atoms. The van der Waals surface area contributed by atoms with Crippen molar-refractivity contribution >= 4 is 33.8 Å². The van der Waals surface area contributed by atoms with Crippen LogP contribution in [-0.4, -0.2) is 5.91 Å². The van der Waals surface area contributed by atoms with Gasteiger partial charge in [0.05, 0.1) is 9.34 Å². The van der Waals surface area contributed by atoms with Crippen molar-refractivity contribution in [3.8, 4) is 0 Å². The molecular weight excluding hydrogens is 230 g/mol. The molecule has 76 valence electrons. The number of anilines is 1. The molecule has 2 rings (SSSR count). The van der Waals surface area contributed by atoms with Crippen molar-refractivity contribution in [3.63, 3.8) is 0 Å². The Morgan fingerprint density at radius 1 is 1.13 bits per heavy atom. The molecular formula is C11H8ClNOS. The zero-order chi connectivity index (χ0) is 10.7. The fourth-order valence-electron chi connectivity index (χ4n) is 1.16. The van der Waals surface area contributed by atoms with Gasteiger partial charge in [-0.3, -0.25) is 4.79 Å². The van der Waals surface area contributed by atoms with Gasteiger partial charge in [0.25, 0.3) is 5.91 Å². The van der Waals surface area contributed by atoms with Crippen LogP contribution in [0, 0.1) is 0 Å². The Hall–Kier alpha value is -1.32. The van der Waals surface area contributed by atoms with E-state index in [1.54, 1.807) is 24.3 Å². The SMILES string of the molecule is O=C(Nc1ccc(Cl)s1)c1ccccc1. The third-order valence-electron chi connectivity index (χ3n) is 1.85. The molecule has 1 aromatic heterocycles. The van der Waals surface area contributed by atoms with Gasteiger partial charge in [0.1, 0.15) is 0 Å². The number of carbonyl (C=O) groups is 1. The van der Waals surface area contributed by atoms with Gasteiger partial charge in [0.2, 0.25) is 0 Å². The van der Waals surface area contributed by atoms with E-state index in [1.165, 1.54) is 11.3 Å². The highest BCUT2D eigenvalue weighted by Gasteiger charge is 2.06. The number of amides is 1. The number of carbonyl (C=O) groups excluding carboxylic acids is 1. The van der Waals surface area contributed by atoms with Crippen molar-refractivity contribution in [2.75, 3.05) is 5.32 Å². The Labute approximate surface area is 96.5 Å². The summed E-state index contributed by atoms with van der Waals surface area (Å²) in [4.78, 5) is 11.7. The summed E-state index contributed by atoms with van der Waals surface area (Å²) in [7, 11) is 0. The van der Waals surface area contributed by atoms with Crippen LogP contribution >= 0.6 is 22.9 Å². The average Bonchev–Trinajstić information content (AvgIpc) is 2.65. The lowest BCUT2D eigenvalue weighted by molar-refractivity contribution is 0.102. The highest BCUT2D eigenvalue weighted by Crippen LogP contribution is 2.26. The first-order chi connectivity index (χ1) is 7.25. The fourth-order valence-corrected chi connectivity index (χ4v) is 2.09. The summed E-state index contributed by atoms with van der Waals surface area (Å²) in [6.07, 6.45) is 0. The third-order valence-corrected chi connectivity index (χ3v) is 2.99. The molecule has 0 aliphatic heterocycles. The molecule has 0 atom stereocenters. The lowest BCUT2D eigenvalue weighted by atomic mass is 10.2. The quantitative estimate of drug-likeness (QED) is 0.849. The Balaban J connectivity index is 2.11. The summed E-state index contributed by atoms with van der Waals surface area (Å²) in [5.41, 5.74) is 0.641. The van der Waals surface area contributed by atoms with E-state index in [1.807, 2.05) is 18.2 Å². The van der Waals surface area contributed by atoms with Gasteiger partial charge in [-0.2, -0.15) is 0 Å². The summed E-state index contributed by atoms with van der Waals surface area (Å²) in [6, 6.07) is 12.6. The lowest BCUT2D eigenvalue weighted by Gasteiger charge is -2.01. The maximum Gasteiger partial charge on any atom is 0.256 e. The minimum atomic E-state index is -0.117. The van der Waals surface area contributed by atoms with Crippen molar-refractivity contribution in [1.82, 2.24) is 0 Å². The molecule has 1 aromatic carbocycles. The van der Waals surface area contributed by atoms with E-state index in [0.717, 1.165) is 5.00 Å². The normalized spacial score (nSPS) is 9.93.